The quantitative estimate of drug-likeness (QED) is 0.809. The molecule has 1 aliphatic carbocycles. The van der Waals surface area contributed by atoms with Gasteiger partial charge in [0.2, 0.25) is 0 Å². The molecule has 2 nitrogen and oxygen atoms in total. The average Bonchev–Trinajstić information content (AvgIpc) is 2.28. The lowest BCUT2D eigenvalue weighted by atomic mass is 9.73. The highest BCUT2D eigenvalue weighted by molar-refractivity contribution is 7.99. The molecule has 0 aromatic rings. The highest BCUT2D eigenvalue weighted by Crippen LogP contribution is 2.36. The Hall–Kier alpha value is 0.270. The van der Waals surface area contributed by atoms with E-state index in [2.05, 4.69) is 13.8 Å². The highest BCUT2D eigenvalue weighted by Gasteiger charge is 2.33. The molecule has 0 bridgehead atoms. The number of hydrogen-bond donors (Lipinski definition) is 1. The molecule has 1 saturated carbocycles. The maximum absolute atomic E-state index is 6.41. The van der Waals surface area contributed by atoms with Crippen LogP contribution in [-0.4, -0.2) is 30.3 Å². The van der Waals surface area contributed by atoms with E-state index in [1.807, 2.05) is 11.8 Å². The Labute approximate surface area is 104 Å². The molecule has 0 amide bonds. The number of thioether (sulfide) groups is 1. The minimum atomic E-state index is 0.262. The molecule has 4 unspecified atom stereocenters. The summed E-state index contributed by atoms with van der Waals surface area (Å²) in [6.07, 6.45) is 4.29. The van der Waals surface area contributed by atoms with Crippen LogP contribution >= 0.6 is 11.8 Å². The van der Waals surface area contributed by atoms with Gasteiger partial charge in [-0.3, -0.25) is 0 Å². The van der Waals surface area contributed by atoms with Gasteiger partial charge in [-0.25, -0.2) is 0 Å². The van der Waals surface area contributed by atoms with Crippen LogP contribution in [0.4, 0.5) is 0 Å². The van der Waals surface area contributed by atoms with Gasteiger partial charge in [-0.15, -0.1) is 0 Å². The molecule has 1 aliphatic heterocycles. The summed E-state index contributed by atoms with van der Waals surface area (Å²) in [5, 5.41) is 0. The summed E-state index contributed by atoms with van der Waals surface area (Å²) in [6, 6.07) is 0.262. The summed E-state index contributed by atoms with van der Waals surface area (Å²) in [4.78, 5) is 0. The number of ether oxygens (including phenoxy) is 1. The first-order valence-corrected chi connectivity index (χ1v) is 7.77. The molecule has 2 aliphatic rings. The van der Waals surface area contributed by atoms with E-state index in [9.17, 15) is 0 Å². The summed E-state index contributed by atoms with van der Waals surface area (Å²) in [5.41, 5.74) is 6.41. The standard InChI is InChI=1S/C13H25NOS/c1-9-5-10(2)7-11(6-9)13(14)12-8-16-4-3-15-12/h9-13H,3-8,14H2,1-2H3. The predicted molar refractivity (Wildman–Crippen MR) is 70.7 cm³/mol. The second-order valence-electron chi connectivity index (χ2n) is 5.74. The Morgan fingerprint density at radius 2 is 1.88 bits per heavy atom. The molecule has 0 spiro atoms. The topological polar surface area (TPSA) is 35.2 Å². The first-order valence-electron chi connectivity index (χ1n) is 6.61. The summed E-state index contributed by atoms with van der Waals surface area (Å²) in [6.45, 7) is 5.62. The van der Waals surface area contributed by atoms with Crippen molar-refractivity contribution in [2.75, 3.05) is 18.1 Å². The molecule has 2 N–H and O–H groups in total. The van der Waals surface area contributed by atoms with Crippen molar-refractivity contribution in [3.05, 3.63) is 0 Å². The van der Waals surface area contributed by atoms with Gasteiger partial charge < -0.3 is 10.5 Å². The zero-order valence-electron chi connectivity index (χ0n) is 10.5. The van der Waals surface area contributed by atoms with Crippen LogP contribution in [0.25, 0.3) is 0 Å². The average molecular weight is 243 g/mol. The van der Waals surface area contributed by atoms with E-state index in [0.717, 1.165) is 29.9 Å². The fourth-order valence-corrected chi connectivity index (χ4v) is 4.29. The minimum Gasteiger partial charge on any atom is -0.375 e. The molecule has 4 atom stereocenters. The van der Waals surface area contributed by atoms with E-state index in [4.69, 9.17) is 10.5 Å². The molecule has 0 radical (unpaired) electrons. The molecule has 94 valence electrons. The lowest BCUT2D eigenvalue weighted by Crippen LogP contribution is -2.48. The van der Waals surface area contributed by atoms with E-state index in [0.29, 0.717) is 12.0 Å². The molecule has 2 fully saturated rings. The van der Waals surface area contributed by atoms with Crippen LogP contribution in [0, 0.1) is 17.8 Å². The Balaban J connectivity index is 1.89. The van der Waals surface area contributed by atoms with Crippen molar-refractivity contribution < 1.29 is 4.74 Å². The molecule has 16 heavy (non-hydrogen) atoms. The second kappa shape index (κ2) is 5.74. The van der Waals surface area contributed by atoms with Gasteiger partial charge in [0.15, 0.2) is 0 Å². The van der Waals surface area contributed by atoms with Crippen molar-refractivity contribution in [2.24, 2.45) is 23.5 Å². The van der Waals surface area contributed by atoms with Crippen LogP contribution in [0.3, 0.4) is 0 Å². The first kappa shape index (κ1) is 12.7. The Bertz CT molecular complexity index is 208. The monoisotopic (exact) mass is 243 g/mol. The van der Waals surface area contributed by atoms with Gasteiger partial charge in [-0.05, 0) is 37.0 Å². The predicted octanol–water partition coefficient (Wildman–Crippen LogP) is 2.52. The molecule has 0 aromatic carbocycles. The van der Waals surface area contributed by atoms with Crippen molar-refractivity contribution in [3.8, 4) is 0 Å². The van der Waals surface area contributed by atoms with E-state index in [-0.39, 0.29) is 6.04 Å². The van der Waals surface area contributed by atoms with E-state index in [1.165, 1.54) is 19.3 Å². The van der Waals surface area contributed by atoms with Gasteiger partial charge in [-0.1, -0.05) is 13.8 Å². The fraction of sp³-hybridized carbons (Fsp3) is 1.00. The van der Waals surface area contributed by atoms with Crippen molar-refractivity contribution >= 4 is 11.8 Å². The largest absolute Gasteiger partial charge is 0.375 e. The molecule has 2 rings (SSSR count). The fourth-order valence-electron chi connectivity index (χ4n) is 3.36. The van der Waals surface area contributed by atoms with E-state index < -0.39 is 0 Å². The summed E-state index contributed by atoms with van der Waals surface area (Å²) in [5.74, 6) is 4.61. The maximum Gasteiger partial charge on any atom is 0.0819 e. The molecule has 1 saturated heterocycles. The van der Waals surface area contributed by atoms with Gasteiger partial charge in [0, 0.05) is 17.5 Å². The molecule has 1 heterocycles. The van der Waals surface area contributed by atoms with Crippen LogP contribution in [-0.2, 0) is 4.74 Å². The summed E-state index contributed by atoms with van der Waals surface area (Å²) in [7, 11) is 0. The van der Waals surface area contributed by atoms with Gasteiger partial charge in [0.1, 0.15) is 0 Å². The number of rotatable bonds is 2. The third-order valence-corrected chi connectivity index (χ3v) is 5.05. The first-order chi connectivity index (χ1) is 7.66. The highest BCUT2D eigenvalue weighted by atomic mass is 32.2. The smallest absolute Gasteiger partial charge is 0.0819 e. The second-order valence-corrected chi connectivity index (χ2v) is 6.89. The molecule has 0 aromatic heterocycles. The lowest BCUT2D eigenvalue weighted by molar-refractivity contribution is 0.0275. The Morgan fingerprint density at radius 1 is 1.19 bits per heavy atom. The van der Waals surface area contributed by atoms with Crippen LogP contribution < -0.4 is 5.73 Å². The summed E-state index contributed by atoms with van der Waals surface area (Å²) >= 11 is 1.99. The van der Waals surface area contributed by atoms with Crippen LogP contribution in [0.1, 0.15) is 33.1 Å². The molecule has 3 heteroatoms. The number of hydrogen-bond acceptors (Lipinski definition) is 3. The number of nitrogens with two attached hydrogens (primary N) is 1. The van der Waals surface area contributed by atoms with Crippen LogP contribution in [0.5, 0.6) is 0 Å². The zero-order valence-corrected chi connectivity index (χ0v) is 11.3. The van der Waals surface area contributed by atoms with Gasteiger partial charge in [0.25, 0.3) is 0 Å². The van der Waals surface area contributed by atoms with E-state index in [1.54, 1.807) is 0 Å². The van der Waals surface area contributed by atoms with Crippen molar-refractivity contribution in [2.45, 2.75) is 45.3 Å². The SMILES string of the molecule is CC1CC(C)CC(C(N)C2CSCCO2)C1. The Kier molecular flexibility index (Phi) is 4.57. The maximum atomic E-state index is 6.41. The van der Waals surface area contributed by atoms with Gasteiger partial charge in [0.05, 0.1) is 12.7 Å². The third kappa shape index (κ3) is 3.14. The molecular weight excluding hydrogens is 218 g/mol. The lowest BCUT2D eigenvalue weighted by Gasteiger charge is -2.39. The van der Waals surface area contributed by atoms with Crippen molar-refractivity contribution in [1.29, 1.82) is 0 Å². The normalized spacial score (nSPS) is 42.9. The van der Waals surface area contributed by atoms with E-state index >= 15 is 0 Å². The van der Waals surface area contributed by atoms with Crippen LogP contribution in [0.15, 0.2) is 0 Å². The van der Waals surface area contributed by atoms with Crippen molar-refractivity contribution in [1.82, 2.24) is 0 Å². The Morgan fingerprint density at radius 3 is 2.44 bits per heavy atom. The zero-order chi connectivity index (χ0) is 11.5. The van der Waals surface area contributed by atoms with Gasteiger partial charge >= 0.3 is 0 Å². The molecular formula is C13H25NOS. The van der Waals surface area contributed by atoms with Crippen molar-refractivity contribution in [3.63, 3.8) is 0 Å². The van der Waals surface area contributed by atoms with Crippen LogP contribution in [0.2, 0.25) is 0 Å². The third-order valence-electron chi connectivity index (χ3n) is 4.03. The minimum absolute atomic E-state index is 0.262. The van der Waals surface area contributed by atoms with Gasteiger partial charge in [-0.2, -0.15) is 11.8 Å². The summed E-state index contributed by atoms with van der Waals surface area (Å²) < 4.78 is 5.82.